The number of hydrogen-bond acceptors (Lipinski definition) is 6. The van der Waals surface area contributed by atoms with Crippen LogP contribution in [-0.4, -0.2) is 26.8 Å². The number of carbonyl (C=O) groups is 1. The summed E-state index contributed by atoms with van der Waals surface area (Å²) in [4.78, 5) is 12.3. The molecule has 0 spiro atoms. The minimum atomic E-state index is -0.548. The van der Waals surface area contributed by atoms with E-state index in [1.807, 2.05) is 44.2 Å². The first-order chi connectivity index (χ1) is 15.9. The molecule has 0 radical (unpaired) electrons. The van der Waals surface area contributed by atoms with E-state index in [4.69, 9.17) is 18.9 Å². The van der Waals surface area contributed by atoms with Crippen molar-refractivity contribution in [3.63, 3.8) is 0 Å². The zero-order valence-corrected chi connectivity index (χ0v) is 19.0. The van der Waals surface area contributed by atoms with E-state index in [2.05, 4.69) is 6.07 Å². The summed E-state index contributed by atoms with van der Waals surface area (Å²) in [5, 5.41) is 9.59. The summed E-state index contributed by atoms with van der Waals surface area (Å²) < 4.78 is 21.6. The van der Waals surface area contributed by atoms with E-state index in [0.717, 1.165) is 22.3 Å². The van der Waals surface area contributed by atoms with Crippen LogP contribution in [0.25, 0.3) is 11.6 Å². The highest BCUT2D eigenvalue weighted by Gasteiger charge is 2.13. The van der Waals surface area contributed by atoms with E-state index in [9.17, 15) is 10.1 Å². The summed E-state index contributed by atoms with van der Waals surface area (Å²) in [6, 6.07) is 20.2. The predicted molar refractivity (Wildman–Crippen MR) is 127 cm³/mol. The maximum Gasteiger partial charge on any atom is 0.349 e. The van der Waals surface area contributed by atoms with Crippen molar-refractivity contribution in [2.45, 2.75) is 13.8 Å². The Labute approximate surface area is 193 Å². The average Bonchev–Trinajstić information content (AvgIpc) is 2.84. The normalized spacial score (nSPS) is 10.8. The molecular weight excluding hydrogens is 418 g/mol. The van der Waals surface area contributed by atoms with Gasteiger partial charge in [-0.25, -0.2) is 4.79 Å². The number of nitrogens with zero attached hydrogens (tertiary/aromatic N) is 1. The zero-order chi connectivity index (χ0) is 23.8. The standard InChI is InChI=1S/C27H25NO5/c1-18-6-5-7-24(19(18)2)32-17-27(29)33-25-13-8-20(15-26(25)31-4)14-22(16-28)21-9-11-23(30-3)12-10-21/h5-15H,17H2,1-4H3/b22-14-. The molecule has 3 aromatic rings. The second kappa shape index (κ2) is 10.9. The van der Waals surface area contributed by atoms with Crippen LogP contribution in [0.3, 0.4) is 0 Å². The van der Waals surface area contributed by atoms with Gasteiger partial charge in [0, 0.05) is 0 Å². The van der Waals surface area contributed by atoms with E-state index in [1.165, 1.54) is 7.11 Å². The second-order valence-electron chi connectivity index (χ2n) is 7.27. The van der Waals surface area contributed by atoms with Crippen LogP contribution in [0.2, 0.25) is 0 Å². The Morgan fingerprint density at radius 3 is 2.36 bits per heavy atom. The highest BCUT2D eigenvalue weighted by molar-refractivity contribution is 5.90. The van der Waals surface area contributed by atoms with Gasteiger partial charge in [-0.05, 0) is 84.6 Å². The summed E-state index contributed by atoms with van der Waals surface area (Å²) in [5.74, 6) is 1.45. The molecule has 6 heteroatoms. The molecule has 0 atom stereocenters. The topological polar surface area (TPSA) is 77.8 Å². The van der Waals surface area contributed by atoms with Gasteiger partial charge in [-0.2, -0.15) is 5.26 Å². The molecule has 3 rings (SSSR count). The second-order valence-corrected chi connectivity index (χ2v) is 7.27. The Hall–Kier alpha value is -4.24. The zero-order valence-electron chi connectivity index (χ0n) is 19.0. The summed E-state index contributed by atoms with van der Waals surface area (Å²) in [5.41, 5.74) is 4.02. The molecule has 33 heavy (non-hydrogen) atoms. The first-order valence-electron chi connectivity index (χ1n) is 10.3. The third kappa shape index (κ3) is 5.92. The molecule has 0 aliphatic carbocycles. The monoisotopic (exact) mass is 443 g/mol. The molecule has 0 aromatic heterocycles. The van der Waals surface area contributed by atoms with Crippen LogP contribution >= 0.6 is 0 Å². The minimum absolute atomic E-state index is 0.231. The SMILES string of the molecule is COc1ccc(/C(C#N)=C\c2ccc(OC(=O)COc3cccc(C)c3C)c(OC)c2)cc1. The average molecular weight is 443 g/mol. The largest absolute Gasteiger partial charge is 0.497 e. The lowest BCUT2D eigenvalue weighted by atomic mass is 10.0. The van der Waals surface area contributed by atoms with Gasteiger partial charge in [-0.3, -0.25) is 0 Å². The number of aryl methyl sites for hydroxylation is 1. The molecule has 0 saturated carbocycles. The number of benzene rings is 3. The highest BCUT2D eigenvalue weighted by atomic mass is 16.6. The molecule has 3 aromatic carbocycles. The molecule has 168 valence electrons. The van der Waals surface area contributed by atoms with E-state index in [-0.39, 0.29) is 12.4 Å². The molecule has 0 saturated heterocycles. The first kappa shape index (κ1) is 23.4. The molecule has 0 bridgehead atoms. The van der Waals surface area contributed by atoms with Crippen LogP contribution in [0.15, 0.2) is 60.7 Å². The van der Waals surface area contributed by atoms with Crippen molar-refractivity contribution in [1.29, 1.82) is 5.26 Å². The lowest BCUT2D eigenvalue weighted by molar-refractivity contribution is -0.136. The van der Waals surface area contributed by atoms with Crippen LogP contribution < -0.4 is 18.9 Å². The summed E-state index contributed by atoms with van der Waals surface area (Å²) in [6.45, 7) is 3.69. The smallest absolute Gasteiger partial charge is 0.349 e. The summed E-state index contributed by atoms with van der Waals surface area (Å²) in [6.07, 6.45) is 1.74. The number of methoxy groups -OCH3 is 2. The van der Waals surface area contributed by atoms with Crippen molar-refractivity contribution in [1.82, 2.24) is 0 Å². The van der Waals surface area contributed by atoms with Crippen molar-refractivity contribution >= 4 is 17.6 Å². The van der Waals surface area contributed by atoms with Crippen molar-refractivity contribution in [3.05, 3.63) is 82.9 Å². The van der Waals surface area contributed by atoms with Gasteiger partial charge in [0.2, 0.25) is 0 Å². The van der Waals surface area contributed by atoms with Gasteiger partial charge in [0.25, 0.3) is 0 Å². The summed E-state index contributed by atoms with van der Waals surface area (Å²) in [7, 11) is 3.08. The van der Waals surface area contributed by atoms with Crippen LogP contribution in [-0.2, 0) is 4.79 Å². The van der Waals surface area contributed by atoms with E-state index in [1.54, 1.807) is 43.5 Å². The maximum absolute atomic E-state index is 12.3. The Bertz CT molecular complexity index is 1210. The number of allylic oxidation sites excluding steroid dienone is 1. The first-order valence-corrected chi connectivity index (χ1v) is 10.3. The molecule has 0 unspecified atom stereocenters. The third-order valence-corrected chi connectivity index (χ3v) is 5.14. The Morgan fingerprint density at radius 2 is 1.70 bits per heavy atom. The predicted octanol–water partition coefficient (Wildman–Crippen LogP) is 5.37. The highest BCUT2D eigenvalue weighted by Crippen LogP contribution is 2.30. The van der Waals surface area contributed by atoms with E-state index >= 15 is 0 Å². The van der Waals surface area contributed by atoms with Gasteiger partial charge < -0.3 is 18.9 Å². The van der Waals surface area contributed by atoms with Gasteiger partial charge in [0.05, 0.1) is 25.9 Å². The number of esters is 1. The molecule has 0 N–H and O–H groups in total. The van der Waals surface area contributed by atoms with Gasteiger partial charge in [0.15, 0.2) is 18.1 Å². The fourth-order valence-electron chi connectivity index (χ4n) is 3.14. The van der Waals surface area contributed by atoms with Crippen molar-refractivity contribution in [2.24, 2.45) is 0 Å². The fourth-order valence-corrected chi connectivity index (χ4v) is 3.14. The Balaban J connectivity index is 1.73. The Kier molecular flexibility index (Phi) is 7.72. The number of carbonyl (C=O) groups excluding carboxylic acids is 1. The van der Waals surface area contributed by atoms with Gasteiger partial charge in [-0.15, -0.1) is 0 Å². The van der Waals surface area contributed by atoms with E-state index in [0.29, 0.717) is 22.8 Å². The number of hydrogen-bond donors (Lipinski definition) is 0. The molecular formula is C27H25NO5. The van der Waals surface area contributed by atoms with Crippen molar-refractivity contribution in [2.75, 3.05) is 20.8 Å². The fraction of sp³-hybridized carbons (Fsp3) is 0.185. The molecule has 0 fully saturated rings. The lowest BCUT2D eigenvalue weighted by Gasteiger charge is -2.12. The number of nitriles is 1. The van der Waals surface area contributed by atoms with Crippen LogP contribution in [0.4, 0.5) is 0 Å². The quantitative estimate of drug-likeness (QED) is 0.202. The minimum Gasteiger partial charge on any atom is -0.497 e. The van der Waals surface area contributed by atoms with E-state index < -0.39 is 5.97 Å². The van der Waals surface area contributed by atoms with Crippen LogP contribution in [0.1, 0.15) is 22.3 Å². The number of ether oxygens (including phenoxy) is 4. The third-order valence-electron chi connectivity index (χ3n) is 5.14. The lowest BCUT2D eigenvalue weighted by Crippen LogP contribution is -2.18. The molecule has 0 heterocycles. The number of rotatable bonds is 8. The molecule has 0 aliphatic heterocycles. The van der Waals surface area contributed by atoms with Gasteiger partial charge >= 0.3 is 5.97 Å². The molecule has 6 nitrogen and oxygen atoms in total. The van der Waals surface area contributed by atoms with Crippen LogP contribution in [0, 0.1) is 25.2 Å². The maximum atomic E-state index is 12.3. The Morgan fingerprint density at radius 1 is 0.939 bits per heavy atom. The molecule has 0 aliphatic rings. The van der Waals surface area contributed by atoms with Crippen LogP contribution in [0.5, 0.6) is 23.0 Å². The van der Waals surface area contributed by atoms with Gasteiger partial charge in [-0.1, -0.05) is 18.2 Å². The van der Waals surface area contributed by atoms with Crippen molar-refractivity contribution < 1.29 is 23.7 Å². The molecule has 0 amide bonds. The summed E-state index contributed by atoms with van der Waals surface area (Å²) >= 11 is 0. The van der Waals surface area contributed by atoms with Crippen molar-refractivity contribution in [3.8, 4) is 29.1 Å². The van der Waals surface area contributed by atoms with Gasteiger partial charge in [0.1, 0.15) is 11.5 Å².